The number of hydrogen-bond donors (Lipinski definition) is 0. The highest BCUT2D eigenvalue weighted by Gasteiger charge is 2.65. The van der Waals surface area contributed by atoms with E-state index in [0.717, 1.165) is 0 Å². The van der Waals surface area contributed by atoms with Gasteiger partial charge in [0, 0.05) is 20.0 Å². The molecule has 0 aromatic rings. The van der Waals surface area contributed by atoms with Crippen molar-refractivity contribution in [3.63, 3.8) is 0 Å². The second-order valence-corrected chi connectivity index (χ2v) is 8.87. The molecular formula is C18H28O7. The van der Waals surface area contributed by atoms with E-state index in [-0.39, 0.29) is 18.6 Å². The van der Waals surface area contributed by atoms with Crippen LogP contribution in [-0.2, 0) is 33.3 Å². The first-order valence-electron chi connectivity index (χ1n) is 8.45. The average molecular weight is 356 g/mol. The van der Waals surface area contributed by atoms with Crippen LogP contribution in [0.5, 0.6) is 0 Å². The van der Waals surface area contributed by atoms with Gasteiger partial charge in [0.15, 0.2) is 18.5 Å². The monoisotopic (exact) mass is 356 g/mol. The maximum absolute atomic E-state index is 12.4. The Hall–Kier alpha value is -1.47. The molecule has 0 unspecified atom stereocenters. The lowest BCUT2D eigenvalue weighted by atomic mass is 9.74. The van der Waals surface area contributed by atoms with Crippen LogP contribution >= 0.6 is 0 Å². The number of ether oxygens (including phenoxy) is 4. The van der Waals surface area contributed by atoms with Crippen molar-refractivity contribution < 1.29 is 33.3 Å². The van der Waals surface area contributed by atoms with Crippen LogP contribution in [0.3, 0.4) is 0 Å². The highest BCUT2D eigenvalue weighted by molar-refractivity contribution is 5.88. The predicted octanol–water partition coefficient (Wildman–Crippen LogP) is 2.01. The van der Waals surface area contributed by atoms with Crippen LogP contribution in [0.1, 0.15) is 54.4 Å². The van der Waals surface area contributed by atoms with Crippen molar-refractivity contribution in [2.75, 3.05) is 7.11 Å². The topological polar surface area (TPSA) is 88.1 Å². The molecule has 0 bridgehead atoms. The van der Waals surface area contributed by atoms with Crippen molar-refractivity contribution in [1.82, 2.24) is 0 Å². The zero-order chi connectivity index (χ0) is 19.2. The molecule has 0 aromatic carbocycles. The SMILES string of the molecule is CO[C@@H]1OC2(CC(=O)C2)[C@@H](OC(=O)C(C)(C)C)[C@H]1OC(=O)C(C)(C)C. The van der Waals surface area contributed by atoms with E-state index in [9.17, 15) is 14.4 Å². The van der Waals surface area contributed by atoms with E-state index in [2.05, 4.69) is 0 Å². The number of rotatable bonds is 3. The Morgan fingerprint density at radius 1 is 1.00 bits per heavy atom. The molecule has 2 rings (SSSR count). The van der Waals surface area contributed by atoms with E-state index in [4.69, 9.17) is 18.9 Å². The van der Waals surface area contributed by atoms with Crippen LogP contribution in [0.15, 0.2) is 0 Å². The molecule has 142 valence electrons. The lowest BCUT2D eigenvalue weighted by Crippen LogP contribution is -2.56. The number of esters is 2. The summed E-state index contributed by atoms with van der Waals surface area (Å²) in [6.07, 6.45) is -2.47. The van der Waals surface area contributed by atoms with E-state index in [1.54, 1.807) is 41.5 Å². The number of ketones is 1. The minimum atomic E-state index is -0.985. The summed E-state index contributed by atoms with van der Waals surface area (Å²) >= 11 is 0. The molecule has 1 spiro atoms. The number of Topliss-reactive ketones (excluding diaryl/α,β-unsaturated/α-hetero) is 1. The van der Waals surface area contributed by atoms with E-state index >= 15 is 0 Å². The summed E-state index contributed by atoms with van der Waals surface area (Å²) < 4.78 is 22.4. The van der Waals surface area contributed by atoms with Gasteiger partial charge in [-0.1, -0.05) is 0 Å². The lowest BCUT2D eigenvalue weighted by Gasteiger charge is -2.40. The van der Waals surface area contributed by atoms with Crippen molar-refractivity contribution in [3.8, 4) is 0 Å². The maximum atomic E-state index is 12.4. The van der Waals surface area contributed by atoms with Gasteiger partial charge in [0.05, 0.1) is 10.8 Å². The molecule has 25 heavy (non-hydrogen) atoms. The summed E-state index contributed by atoms with van der Waals surface area (Å²) in [4.78, 5) is 36.4. The van der Waals surface area contributed by atoms with E-state index in [1.807, 2.05) is 0 Å². The largest absolute Gasteiger partial charge is 0.455 e. The number of carbonyl (C=O) groups excluding carboxylic acids is 3. The summed E-state index contributed by atoms with van der Waals surface area (Å²) in [5.74, 6) is -0.898. The molecule has 2 fully saturated rings. The molecule has 1 heterocycles. The highest BCUT2D eigenvalue weighted by atomic mass is 16.7. The lowest BCUT2D eigenvalue weighted by molar-refractivity contribution is -0.207. The zero-order valence-electron chi connectivity index (χ0n) is 16.0. The number of methoxy groups -OCH3 is 1. The Kier molecular flexibility index (Phi) is 5.05. The van der Waals surface area contributed by atoms with Gasteiger partial charge in [-0.25, -0.2) is 0 Å². The Balaban J connectivity index is 2.29. The Bertz CT molecular complexity index is 559. The van der Waals surface area contributed by atoms with E-state index < -0.39 is 46.9 Å². The van der Waals surface area contributed by atoms with Gasteiger partial charge in [-0.2, -0.15) is 0 Å². The van der Waals surface area contributed by atoms with Crippen LogP contribution < -0.4 is 0 Å². The summed E-state index contributed by atoms with van der Waals surface area (Å²) in [6, 6.07) is 0. The number of hydrogen-bond acceptors (Lipinski definition) is 7. The predicted molar refractivity (Wildman–Crippen MR) is 87.5 cm³/mol. The van der Waals surface area contributed by atoms with Gasteiger partial charge in [0.25, 0.3) is 0 Å². The first-order valence-corrected chi connectivity index (χ1v) is 8.45. The third kappa shape index (κ3) is 3.87. The summed E-state index contributed by atoms with van der Waals surface area (Å²) in [7, 11) is 1.42. The van der Waals surface area contributed by atoms with Gasteiger partial charge in [-0.3, -0.25) is 14.4 Å². The molecule has 0 radical (unpaired) electrons. The molecule has 3 atom stereocenters. The second-order valence-electron chi connectivity index (χ2n) is 8.87. The van der Waals surface area contributed by atoms with Crippen molar-refractivity contribution in [1.29, 1.82) is 0 Å². The summed E-state index contributed by atoms with van der Waals surface area (Å²) in [6.45, 7) is 10.4. The number of carbonyl (C=O) groups is 3. The molecule has 2 aliphatic rings. The molecule has 0 N–H and O–H groups in total. The Morgan fingerprint density at radius 2 is 1.48 bits per heavy atom. The molecule has 1 saturated carbocycles. The van der Waals surface area contributed by atoms with Crippen LogP contribution in [0.4, 0.5) is 0 Å². The quantitative estimate of drug-likeness (QED) is 0.715. The highest BCUT2D eigenvalue weighted by Crippen LogP contribution is 2.47. The van der Waals surface area contributed by atoms with E-state index in [0.29, 0.717) is 0 Å². The van der Waals surface area contributed by atoms with Crippen LogP contribution in [-0.4, -0.2) is 48.9 Å². The van der Waals surface area contributed by atoms with Gasteiger partial charge < -0.3 is 18.9 Å². The van der Waals surface area contributed by atoms with Crippen molar-refractivity contribution in [2.45, 2.75) is 78.5 Å². The Labute approximate surface area is 148 Å². The molecule has 0 amide bonds. The molecule has 0 aromatic heterocycles. The van der Waals surface area contributed by atoms with Crippen LogP contribution in [0.25, 0.3) is 0 Å². The Morgan fingerprint density at radius 3 is 1.88 bits per heavy atom. The van der Waals surface area contributed by atoms with Crippen molar-refractivity contribution >= 4 is 17.7 Å². The zero-order valence-corrected chi connectivity index (χ0v) is 16.0. The van der Waals surface area contributed by atoms with E-state index in [1.165, 1.54) is 7.11 Å². The fourth-order valence-corrected chi connectivity index (χ4v) is 2.77. The fourth-order valence-electron chi connectivity index (χ4n) is 2.77. The molecular weight excluding hydrogens is 328 g/mol. The minimum absolute atomic E-state index is 0.00876. The standard InChI is InChI=1S/C18H28O7/c1-16(2,3)14(20)23-11-12(24-15(21)17(4,5)6)18(8-10(19)9-18)25-13(11)22-7/h11-13H,8-9H2,1-7H3/t11-,12+,13-/m1/s1. The van der Waals surface area contributed by atoms with Gasteiger partial charge in [0.1, 0.15) is 11.4 Å². The van der Waals surface area contributed by atoms with Gasteiger partial charge in [0.2, 0.25) is 0 Å². The second kappa shape index (κ2) is 6.36. The average Bonchev–Trinajstić information content (AvgIpc) is 2.71. The molecule has 7 nitrogen and oxygen atoms in total. The molecule has 1 saturated heterocycles. The van der Waals surface area contributed by atoms with Crippen molar-refractivity contribution in [3.05, 3.63) is 0 Å². The maximum Gasteiger partial charge on any atom is 0.311 e. The fraction of sp³-hybridized carbons (Fsp3) is 0.833. The van der Waals surface area contributed by atoms with Gasteiger partial charge >= 0.3 is 11.9 Å². The van der Waals surface area contributed by atoms with Gasteiger partial charge in [-0.05, 0) is 41.5 Å². The summed E-state index contributed by atoms with van der Waals surface area (Å²) in [5.41, 5.74) is -2.46. The third-order valence-corrected chi connectivity index (χ3v) is 4.36. The third-order valence-electron chi connectivity index (χ3n) is 4.36. The van der Waals surface area contributed by atoms with Crippen LogP contribution in [0.2, 0.25) is 0 Å². The summed E-state index contributed by atoms with van der Waals surface area (Å²) in [5, 5.41) is 0. The first kappa shape index (κ1) is 19.8. The molecule has 1 aliphatic carbocycles. The first-order chi connectivity index (χ1) is 11.3. The molecule has 7 heteroatoms. The minimum Gasteiger partial charge on any atom is -0.455 e. The van der Waals surface area contributed by atoms with Crippen LogP contribution in [0, 0.1) is 10.8 Å². The molecule has 1 aliphatic heterocycles. The van der Waals surface area contributed by atoms with Crippen molar-refractivity contribution in [2.24, 2.45) is 10.8 Å². The van der Waals surface area contributed by atoms with Gasteiger partial charge in [-0.15, -0.1) is 0 Å². The smallest absolute Gasteiger partial charge is 0.311 e. The normalized spacial score (nSPS) is 28.6.